The van der Waals surface area contributed by atoms with Crippen LogP contribution in [0.15, 0.2) is 164 Å². The highest BCUT2D eigenvalue weighted by atomic mass is 16.5. The van der Waals surface area contributed by atoms with E-state index in [1.807, 2.05) is 12.1 Å². The van der Waals surface area contributed by atoms with Crippen molar-refractivity contribution < 1.29 is 4.74 Å². The van der Waals surface area contributed by atoms with Crippen molar-refractivity contribution in [1.82, 2.24) is 0 Å². The lowest BCUT2D eigenvalue weighted by molar-refractivity contribution is 0.430. The van der Waals surface area contributed by atoms with E-state index < -0.39 is 0 Å². The number of ether oxygens (including phenoxy) is 1. The molecule has 218 valence electrons. The van der Waals surface area contributed by atoms with E-state index >= 15 is 0 Å². The standard InChI is InChI=1S/C43H35NO/c1-30-36(39-19-9-11-22-42(39)45-30)20-12-13-31-23-25-34(26-24-31)44-35-27-28-38-37-18-8-10-21-40(37)43(41(38)29-35,32-14-4-2-5-15-32)33-16-6-3-7-17-33/h2-16,18-19,21-29,33,36,44H,1,17,20H2/b13-12+. The van der Waals surface area contributed by atoms with Crippen molar-refractivity contribution in [1.29, 1.82) is 0 Å². The first-order chi connectivity index (χ1) is 22.2. The first kappa shape index (κ1) is 27.2. The summed E-state index contributed by atoms with van der Waals surface area (Å²) in [5.74, 6) is 2.27. The van der Waals surface area contributed by atoms with Crippen molar-refractivity contribution in [2.24, 2.45) is 5.92 Å². The second-order valence-corrected chi connectivity index (χ2v) is 12.2. The first-order valence-corrected chi connectivity index (χ1v) is 15.8. The molecule has 2 heteroatoms. The highest BCUT2D eigenvalue weighted by molar-refractivity contribution is 5.86. The minimum Gasteiger partial charge on any atom is -0.461 e. The van der Waals surface area contributed by atoms with Gasteiger partial charge in [0.15, 0.2) is 0 Å². The van der Waals surface area contributed by atoms with Gasteiger partial charge in [-0.25, -0.2) is 0 Å². The molecule has 5 aromatic rings. The number of fused-ring (bicyclic) bond motifs is 4. The summed E-state index contributed by atoms with van der Waals surface area (Å²) in [5.41, 5.74) is 11.0. The molecule has 0 fully saturated rings. The van der Waals surface area contributed by atoms with Gasteiger partial charge in [-0.1, -0.05) is 134 Å². The lowest BCUT2D eigenvalue weighted by atomic mass is 9.62. The van der Waals surface area contributed by atoms with E-state index in [0.717, 1.165) is 35.7 Å². The Morgan fingerprint density at radius 1 is 0.756 bits per heavy atom. The molecular formula is C43H35NO. The number of rotatable bonds is 7. The second kappa shape index (κ2) is 11.3. The minimum absolute atomic E-state index is 0.201. The molecule has 0 amide bonds. The Morgan fingerprint density at radius 3 is 2.36 bits per heavy atom. The molecule has 2 aliphatic carbocycles. The van der Waals surface area contributed by atoms with E-state index in [4.69, 9.17) is 4.74 Å². The van der Waals surface area contributed by atoms with E-state index in [1.165, 1.54) is 38.9 Å². The van der Waals surface area contributed by atoms with Crippen molar-refractivity contribution in [3.63, 3.8) is 0 Å². The summed E-state index contributed by atoms with van der Waals surface area (Å²) in [7, 11) is 0. The zero-order valence-corrected chi connectivity index (χ0v) is 25.2. The smallest absolute Gasteiger partial charge is 0.130 e. The SMILES string of the molecule is C=C1Oc2ccccc2C1C/C=C/c1ccc(Nc2ccc3c(c2)C(c2ccccc2)(C2C=CC=CC2)c2ccccc2-3)cc1. The zero-order valence-electron chi connectivity index (χ0n) is 25.2. The van der Waals surface area contributed by atoms with Crippen LogP contribution in [0.5, 0.6) is 5.75 Å². The molecule has 5 aromatic carbocycles. The number of nitrogens with one attached hydrogen (secondary N) is 1. The second-order valence-electron chi connectivity index (χ2n) is 12.2. The van der Waals surface area contributed by atoms with Gasteiger partial charge < -0.3 is 10.1 Å². The monoisotopic (exact) mass is 581 g/mol. The van der Waals surface area contributed by atoms with Gasteiger partial charge in [-0.3, -0.25) is 0 Å². The maximum Gasteiger partial charge on any atom is 0.130 e. The van der Waals surface area contributed by atoms with E-state index in [2.05, 4.69) is 158 Å². The Kier molecular flexibility index (Phi) is 6.84. The minimum atomic E-state index is -0.267. The number of para-hydroxylation sites is 1. The fraction of sp³-hybridized carbons (Fsp3) is 0.116. The lowest BCUT2D eigenvalue weighted by Crippen LogP contribution is -2.35. The molecule has 1 heterocycles. The molecule has 1 N–H and O–H groups in total. The summed E-state index contributed by atoms with van der Waals surface area (Å²) in [5, 5.41) is 3.71. The summed E-state index contributed by atoms with van der Waals surface area (Å²) in [4.78, 5) is 0. The van der Waals surface area contributed by atoms with Gasteiger partial charge in [0.1, 0.15) is 11.5 Å². The number of benzene rings is 5. The molecule has 0 radical (unpaired) electrons. The Morgan fingerprint density at radius 2 is 1.51 bits per heavy atom. The van der Waals surface area contributed by atoms with E-state index in [1.54, 1.807) is 0 Å². The average Bonchev–Trinajstić information content (AvgIpc) is 3.57. The van der Waals surface area contributed by atoms with Crippen LogP contribution < -0.4 is 10.1 Å². The Labute approximate surface area is 265 Å². The van der Waals surface area contributed by atoms with Crippen LogP contribution in [0.25, 0.3) is 17.2 Å². The predicted molar refractivity (Wildman–Crippen MR) is 187 cm³/mol. The topological polar surface area (TPSA) is 21.3 Å². The normalized spacial score (nSPS) is 20.9. The number of anilines is 2. The van der Waals surface area contributed by atoms with Crippen LogP contribution in [0.3, 0.4) is 0 Å². The van der Waals surface area contributed by atoms with Crippen molar-refractivity contribution in [3.05, 3.63) is 192 Å². The Bertz CT molecular complexity index is 1980. The quantitative estimate of drug-likeness (QED) is 0.206. The number of hydrogen-bond acceptors (Lipinski definition) is 2. The molecular weight excluding hydrogens is 546 g/mol. The van der Waals surface area contributed by atoms with Crippen LogP contribution in [-0.4, -0.2) is 0 Å². The van der Waals surface area contributed by atoms with E-state index in [-0.39, 0.29) is 11.3 Å². The zero-order chi connectivity index (χ0) is 30.2. The molecule has 0 saturated carbocycles. The van der Waals surface area contributed by atoms with Crippen LogP contribution in [0.2, 0.25) is 0 Å². The third-order valence-corrected chi connectivity index (χ3v) is 9.66. The third-order valence-electron chi connectivity index (χ3n) is 9.66. The molecule has 8 rings (SSSR count). The molecule has 2 nitrogen and oxygen atoms in total. The van der Waals surface area contributed by atoms with Crippen molar-refractivity contribution in [3.8, 4) is 16.9 Å². The van der Waals surface area contributed by atoms with Gasteiger partial charge in [-0.05, 0) is 82.5 Å². The molecule has 3 atom stereocenters. The summed E-state index contributed by atoms with van der Waals surface area (Å²) >= 11 is 0. The number of hydrogen-bond donors (Lipinski definition) is 1. The molecule has 0 bridgehead atoms. The van der Waals surface area contributed by atoms with Crippen LogP contribution in [-0.2, 0) is 5.41 Å². The molecule has 0 aromatic heterocycles. The van der Waals surface area contributed by atoms with Gasteiger partial charge in [0.2, 0.25) is 0 Å². The van der Waals surface area contributed by atoms with Crippen LogP contribution in [0.1, 0.15) is 46.6 Å². The van der Waals surface area contributed by atoms with Crippen LogP contribution >= 0.6 is 0 Å². The third kappa shape index (κ3) is 4.65. The first-order valence-electron chi connectivity index (χ1n) is 15.8. The van der Waals surface area contributed by atoms with Gasteiger partial charge in [-0.2, -0.15) is 0 Å². The van der Waals surface area contributed by atoms with Gasteiger partial charge in [0.25, 0.3) is 0 Å². The van der Waals surface area contributed by atoms with Crippen molar-refractivity contribution in [2.45, 2.75) is 24.2 Å². The van der Waals surface area contributed by atoms with Crippen molar-refractivity contribution in [2.75, 3.05) is 5.32 Å². The van der Waals surface area contributed by atoms with Crippen molar-refractivity contribution >= 4 is 17.5 Å². The van der Waals surface area contributed by atoms with Crippen LogP contribution in [0.4, 0.5) is 11.4 Å². The fourth-order valence-electron chi connectivity index (χ4n) is 7.61. The summed E-state index contributed by atoms with van der Waals surface area (Å²) in [6.45, 7) is 4.14. The molecule has 0 saturated heterocycles. The maximum absolute atomic E-state index is 5.87. The average molecular weight is 582 g/mol. The molecule has 0 spiro atoms. The largest absolute Gasteiger partial charge is 0.461 e. The molecule has 45 heavy (non-hydrogen) atoms. The summed E-state index contributed by atoms with van der Waals surface area (Å²) in [6, 6.07) is 43.8. The predicted octanol–water partition coefficient (Wildman–Crippen LogP) is 11.0. The number of allylic oxidation sites excluding steroid dienone is 6. The molecule has 3 aliphatic rings. The summed E-state index contributed by atoms with van der Waals surface area (Å²) in [6.07, 6.45) is 15.4. The lowest BCUT2D eigenvalue weighted by Gasteiger charge is -2.39. The molecule has 3 unspecified atom stereocenters. The van der Waals surface area contributed by atoms with Gasteiger partial charge >= 0.3 is 0 Å². The van der Waals surface area contributed by atoms with Gasteiger partial charge in [-0.15, -0.1) is 0 Å². The molecule has 1 aliphatic heterocycles. The highest BCUT2D eigenvalue weighted by Crippen LogP contribution is 2.58. The maximum atomic E-state index is 5.87. The highest BCUT2D eigenvalue weighted by Gasteiger charge is 2.49. The van der Waals surface area contributed by atoms with Gasteiger partial charge in [0.05, 0.1) is 5.41 Å². The van der Waals surface area contributed by atoms with Crippen LogP contribution in [0, 0.1) is 5.92 Å². The Balaban J connectivity index is 1.08. The Hall–Kier alpha value is -5.34. The fourth-order valence-corrected chi connectivity index (χ4v) is 7.61. The van der Waals surface area contributed by atoms with E-state index in [9.17, 15) is 0 Å². The van der Waals surface area contributed by atoms with Gasteiger partial charge in [0, 0.05) is 22.9 Å². The summed E-state index contributed by atoms with van der Waals surface area (Å²) < 4.78 is 5.87. The van der Waals surface area contributed by atoms with E-state index in [0.29, 0.717) is 5.92 Å².